The standard InChI is InChI=1S/C26H23NO8/c1-31-16-6-7-18(20(13-16)32-2)23-22(25(29)26(30)27(23)14-17-4-3-9-33-17)24(28)15-5-8-19-21(12-15)35-11-10-34-19/h3-9,12-13,23,28H,10-11,14H2,1-2H3/t23-/m1/s1. The van der Waals surface area contributed by atoms with Crippen LogP contribution in [0, 0.1) is 0 Å². The van der Waals surface area contributed by atoms with Gasteiger partial charge in [-0.3, -0.25) is 9.59 Å². The van der Waals surface area contributed by atoms with Gasteiger partial charge in [-0.25, -0.2) is 0 Å². The number of ketones is 1. The highest BCUT2D eigenvalue weighted by atomic mass is 16.6. The van der Waals surface area contributed by atoms with Gasteiger partial charge in [0.25, 0.3) is 11.7 Å². The Hall–Kier alpha value is -4.40. The SMILES string of the molecule is COc1ccc([C@@H]2C(=C(O)c3ccc4c(c3)OCCO4)C(=O)C(=O)N2Cc2ccco2)c(OC)c1. The van der Waals surface area contributed by atoms with E-state index in [9.17, 15) is 14.7 Å². The molecule has 1 aromatic heterocycles. The van der Waals surface area contributed by atoms with Gasteiger partial charge in [0.2, 0.25) is 0 Å². The van der Waals surface area contributed by atoms with Crippen molar-refractivity contribution in [1.29, 1.82) is 0 Å². The number of hydrogen-bond donors (Lipinski definition) is 1. The lowest BCUT2D eigenvalue weighted by Gasteiger charge is -2.26. The van der Waals surface area contributed by atoms with Gasteiger partial charge in [0.15, 0.2) is 11.5 Å². The highest BCUT2D eigenvalue weighted by Crippen LogP contribution is 2.45. The number of aliphatic hydroxyl groups excluding tert-OH is 1. The molecule has 0 unspecified atom stereocenters. The van der Waals surface area contributed by atoms with Crippen molar-refractivity contribution in [3.8, 4) is 23.0 Å². The molecule has 35 heavy (non-hydrogen) atoms. The summed E-state index contributed by atoms with van der Waals surface area (Å²) >= 11 is 0. The van der Waals surface area contributed by atoms with E-state index < -0.39 is 17.7 Å². The molecule has 0 spiro atoms. The fraction of sp³-hybridized carbons (Fsp3) is 0.231. The molecule has 5 rings (SSSR count). The molecular weight excluding hydrogens is 454 g/mol. The quantitative estimate of drug-likeness (QED) is 0.325. The minimum absolute atomic E-state index is 0.0232. The van der Waals surface area contributed by atoms with E-state index in [1.54, 1.807) is 48.5 Å². The fourth-order valence-corrected chi connectivity index (χ4v) is 4.33. The summed E-state index contributed by atoms with van der Waals surface area (Å²) < 4.78 is 27.5. The molecule has 180 valence electrons. The summed E-state index contributed by atoms with van der Waals surface area (Å²) in [6.45, 7) is 0.816. The van der Waals surface area contributed by atoms with E-state index in [2.05, 4.69) is 0 Å². The number of carbonyl (C=O) groups excluding carboxylic acids is 2. The van der Waals surface area contributed by atoms with Crippen LogP contribution in [0.3, 0.4) is 0 Å². The molecule has 1 saturated heterocycles. The summed E-state index contributed by atoms with van der Waals surface area (Å²) in [5.41, 5.74) is 0.766. The fourth-order valence-electron chi connectivity index (χ4n) is 4.33. The summed E-state index contributed by atoms with van der Waals surface area (Å²) in [5.74, 6) is 0.515. The predicted molar refractivity (Wildman–Crippen MR) is 124 cm³/mol. The Morgan fingerprint density at radius 3 is 2.54 bits per heavy atom. The lowest BCUT2D eigenvalue weighted by molar-refractivity contribution is -0.140. The van der Waals surface area contributed by atoms with Crippen molar-refractivity contribution in [2.75, 3.05) is 27.4 Å². The summed E-state index contributed by atoms with van der Waals surface area (Å²) in [6, 6.07) is 12.4. The topological polar surface area (TPSA) is 108 Å². The second-order valence-electron chi connectivity index (χ2n) is 7.97. The molecule has 0 aliphatic carbocycles. The maximum Gasteiger partial charge on any atom is 0.296 e. The van der Waals surface area contributed by atoms with E-state index in [0.29, 0.717) is 53.1 Å². The van der Waals surface area contributed by atoms with Gasteiger partial charge in [-0.2, -0.15) is 0 Å². The number of likely N-dealkylation sites (tertiary alicyclic amines) is 1. The number of ether oxygens (including phenoxy) is 4. The summed E-state index contributed by atoms with van der Waals surface area (Å²) in [7, 11) is 3.01. The molecule has 9 heteroatoms. The molecule has 0 radical (unpaired) electrons. The molecule has 3 aromatic rings. The van der Waals surface area contributed by atoms with Crippen molar-refractivity contribution < 1.29 is 38.1 Å². The van der Waals surface area contributed by atoms with Crippen LogP contribution in [-0.2, 0) is 16.1 Å². The van der Waals surface area contributed by atoms with Crippen molar-refractivity contribution in [2.45, 2.75) is 12.6 Å². The Morgan fingerprint density at radius 2 is 1.83 bits per heavy atom. The molecular formula is C26H23NO8. The molecule has 2 aliphatic heterocycles. The number of methoxy groups -OCH3 is 2. The van der Waals surface area contributed by atoms with Crippen molar-refractivity contribution in [3.63, 3.8) is 0 Å². The molecule has 1 fully saturated rings. The second kappa shape index (κ2) is 9.09. The van der Waals surface area contributed by atoms with Gasteiger partial charge in [-0.15, -0.1) is 0 Å². The maximum absolute atomic E-state index is 13.3. The third kappa shape index (κ3) is 3.95. The van der Waals surface area contributed by atoms with Crippen molar-refractivity contribution >= 4 is 17.4 Å². The summed E-state index contributed by atoms with van der Waals surface area (Å²) in [6.07, 6.45) is 1.49. The molecule has 2 aliphatic rings. The Kier molecular flexibility index (Phi) is 5.82. The van der Waals surface area contributed by atoms with E-state index in [4.69, 9.17) is 23.4 Å². The van der Waals surface area contributed by atoms with Crippen LogP contribution in [0.1, 0.15) is 22.9 Å². The number of aliphatic hydroxyl groups is 1. The number of hydrogen-bond acceptors (Lipinski definition) is 8. The minimum Gasteiger partial charge on any atom is -0.507 e. The van der Waals surface area contributed by atoms with E-state index in [1.165, 1.54) is 25.4 Å². The van der Waals surface area contributed by atoms with Crippen LogP contribution in [0.5, 0.6) is 23.0 Å². The third-order valence-corrected chi connectivity index (χ3v) is 6.00. The largest absolute Gasteiger partial charge is 0.507 e. The Bertz CT molecular complexity index is 1310. The van der Waals surface area contributed by atoms with Crippen LogP contribution < -0.4 is 18.9 Å². The molecule has 9 nitrogen and oxygen atoms in total. The molecule has 2 aromatic carbocycles. The maximum atomic E-state index is 13.3. The van der Waals surface area contributed by atoms with E-state index in [-0.39, 0.29) is 17.9 Å². The number of benzene rings is 2. The zero-order chi connectivity index (χ0) is 24.5. The van der Waals surface area contributed by atoms with Crippen LogP contribution in [0.25, 0.3) is 5.76 Å². The first kappa shape index (κ1) is 22.4. The second-order valence-corrected chi connectivity index (χ2v) is 7.97. The third-order valence-electron chi connectivity index (χ3n) is 6.00. The molecule has 1 atom stereocenters. The van der Waals surface area contributed by atoms with Crippen LogP contribution in [0.4, 0.5) is 0 Å². The number of amides is 1. The normalized spacial score (nSPS) is 18.6. The van der Waals surface area contributed by atoms with E-state index >= 15 is 0 Å². The summed E-state index contributed by atoms with van der Waals surface area (Å²) in [4.78, 5) is 27.8. The Morgan fingerprint density at radius 1 is 1.03 bits per heavy atom. The first-order chi connectivity index (χ1) is 17.0. The van der Waals surface area contributed by atoms with E-state index in [0.717, 1.165) is 0 Å². The number of furan rings is 1. The van der Waals surface area contributed by atoms with Gasteiger partial charge in [0, 0.05) is 17.2 Å². The monoisotopic (exact) mass is 477 g/mol. The highest BCUT2D eigenvalue weighted by Gasteiger charge is 2.47. The van der Waals surface area contributed by atoms with Gasteiger partial charge in [0.1, 0.15) is 36.2 Å². The lowest BCUT2D eigenvalue weighted by Crippen LogP contribution is -2.29. The van der Waals surface area contributed by atoms with Crippen LogP contribution in [-0.4, -0.2) is 49.1 Å². The molecule has 1 N–H and O–H groups in total. The number of carbonyl (C=O) groups is 2. The number of fused-ring (bicyclic) bond motifs is 1. The first-order valence-electron chi connectivity index (χ1n) is 10.9. The summed E-state index contributed by atoms with van der Waals surface area (Å²) in [5, 5.41) is 11.3. The molecule has 0 bridgehead atoms. The number of rotatable bonds is 6. The van der Waals surface area contributed by atoms with Crippen LogP contribution in [0.15, 0.2) is 64.8 Å². The average molecular weight is 477 g/mol. The van der Waals surface area contributed by atoms with Crippen molar-refractivity contribution in [3.05, 3.63) is 77.3 Å². The van der Waals surface area contributed by atoms with Gasteiger partial charge in [-0.05, 0) is 42.5 Å². The van der Waals surface area contributed by atoms with Crippen molar-refractivity contribution in [1.82, 2.24) is 4.90 Å². The van der Waals surface area contributed by atoms with Crippen LogP contribution in [0.2, 0.25) is 0 Å². The first-order valence-corrected chi connectivity index (χ1v) is 10.9. The number of Topliss-reactive ketones (excluding diaryl/α,β-unsaturated/α-hetero) is 1. The lowest BCUT2D eigenvalue weighted by atomic mass is 9.94. The van der Waals surface area contributed by atoms with Crippen LogP contribution >= 0.6 is 0 Å². The molecule has 0 saturated carbocycles. The Balaban J connectivity index is 1.67. The molecule has 1 amide bonds. The average Bonchev–Trinajstić information content (AvgIpc) is 3.50. The van der Waals surface area contributed by atoms with Gasteiger partial charge in [0.05, 0.1) is 38.6 Å². The zero-order valence-corrected chi connectivity index (χ0v) is 19.1. The van der Waals surface area contributed by atoms with E-state index in [1.807, 2.05) is 0 Å². The predicted octanol–water partition coefficient (Wildman–Crippen LogP) is 3.69. The Labute approximate surface area is 201 Å². The van der Waals surface area contributed by atoms with Gasteiger partial charge >= 0.3 is 0 Å². The molecule has 3 heterocycles. The zero-order valence-electron chi connectivity index (χ0n) is 19.1. The highest BCUT2D eigenvalue weighted by molar-refractivity contribution is 6.46. The number of nitrogens with zero attached hydrogens (tertiary/aromatic N) is 1. The smallest absolute Gasteiger partial charge is 0.296 e. The van der Waals surface area contributed by atoms with Gasteiger partial charge < -0.3 is 33.4 Å². The van der Waals surface area contributed by atoms with Crippen molar-refractivity contribution in [2.24, 2.45) is 0 Å². The van der Waals surface area contributed by atoms with Gasteiger partial charge in [-0.1, -0.05) is 0 Å². The minimum atomic E-state index is -0.936.